The van der Waals surface area contributed by atoms with E-state index in [2.05, 4.69) is 10.5 Å². The average molecular weight is 285 g/mol. The first-order valence-electron chi connectivity index (χ1n) is 7.19. The van der Waals surface area contributed by atoms with Crippen LogP contribution < -0.4 is 11.1 Å². The molecule has 0 aromatic rings. The van der Waals surface area contributed by atoms with Crippen LogP contribution in [0.4, 0.5) is 0 Å². The lowest BCUT2D eigenvalue weighted by molar-refractivity contribution is -0.148. The van der Waals surface area contributed by atoms with Crippen molar-refractivity contribution in [2.24, 2.45) is 16.8 Å². The molecule has 2 rings (SSSR count). The van der Waals surface area contributed by atoms with Crippen molar-refractivity contribution in [3.8, 4) is 0 Å². The van der Waals surface area contributed by atoms with Crippen molar-refractivity contribution in [3.63, 3.8) is 0 Å². The van der Waals surface area contributed by atoms with Gasteiger partial charge in [0.25, 0.3) is 5.91 Å². The molecule has 7 heteroatoms. The van der Waals surface area contributed by atoms with Crippen LogP contribution in [0, 0.1) is 5.92 Å². The summed E-state index contributed by atoms with van der Waals surface area (Å²) in [4.78, 5) is 12.2. The lowest BCUT2D eigenvalue weighted by Crippen LogP contribution is -2.54. The molecule has 0 radical (unpaired) electrons. The van der Waals surface area contributed by atoms with Crippen LogP contribution in [0.2, 0.25) is 0 Å². The van der Waals surface area contributed by atoms with Gasteiger partial charge in [-0.1, -0.05) is 24.4 Å². The molecule has 114 valence electrons. The number of carbonyl (C=O) groups excluding carboxylic acids is 1. The molecule has 4 N–H and O–H groups in total. The second-order valence-corrected chi connectivity index (χ2v) is 5.34. The molecule has 1 heterocycles. The largest absolute Gasteiger partial charge is 0.409 e. The maximum absolute atomic E-state index is 12.2. The topological polar surface area (TPSA) is 106 Å². The normalized spacial score (nSPS) is 27.0. The van der Waals surface area contributed by atoms with Gasteiger partial charge in [-0.15, -0.1) is 0 Å². The Kier molecular flexibility index (Phi) is 5.60. The van der Waals surface area contributed by atoms with Gasteiger partial charge in [0.05, 0.1) is 25.9 Å². The van der Waals surface area contributed by atoms with Gasteiger partial charge in [0.1, 0.15) is 0 Å². The second-order valence-electron chi connectivity index (χ2n) is 5.34. The summed E-state index contributed by atoms with van der Waals surface area (Å²) in [6, 6.07) is -0.432. The Balaban J connectivity index is 1.97. The van der Waals surface area contributed by atoms with E-state index >= 15 is 0 Å². The SMILES string of the molecule is NC(=NO)C(NC(=O)C1COCCO1)C1CCCCC1. The standard InChI is InChI=1S/C13H23N3O4/c14-12(16-18)11(9-4-2-1-3-5-9)15-13(17)10-8-19-6-7-20-10/h9-11,18H,1-8H2,(H2,14,16)(H,15,17). The highest BCUT2D eigenvalue weighted by Gasteiger charge is 2.31. The lowest BCUT2D eigenvalue weighted by atomic mass is 9.83. The second kappa shape index (κ2) is 7.44. The number of hydrogen-bond acceptors (Lipinski definition) is 5. The number of rotatable bonds is 4. The molecule has 0 spiro atoms. The number of amides is 1. The van der Waals surface area contributed by atoms with E-state index in [1.54, 1.807) is 0 Å². The van der Waals surface area contributed by atoms with Gasteiger partial charge in [-0.3, -0.25) is 4.79 Å². The Labute approximate surface area is 118 Å². The first-order chi connectivity index (χ1) is 9.72. The number of oxime groups is 1. The number of amidine groups is 1. The molecular weight excluding hydrogens is 262 g/mol. The molecule has 1 saturated carbocycles. The zero-order chi connectivity index (χ0) is 14.4. The fourth-order valence-corrected chi connectivity index (χ4v) is 2.85. The van der Waals surface area contributed by atoms with Crippen molar-refractivity contribution >= 4 is 11.7 Å². The van der Waals surface area contributed by atoms with Crippen LogP contribution in [0.3, 0.4) is 0 Å². The number of nitrogens with one attached hydrogen (secondary N) is 1. The van der Waals surface area contributed by atoms with Crippen LogP contribution in [-0.2, 0) is 14.3 Å². The molecule has 2 fully saturated rings. The summed E-state index contributed by atoms with van der Waals surface area (Å²) in [5.74, 6) is 0.0157. The molecule has 2 atom stereocenters. The lowest BCUT2D eigenvalue weighted by Gasteiger charge is -2.31. The number of nitrogens with two attached hydrogens (primary N) is 1. The van der Waals surface area contributed by atoms with Crippen LogP contribution in [0.25, 0.3) is 0 Å². The Hall–Kier alpha value is -1.34. The molecule has 0 bridgehead atoms. The molecule has 2 unspecified atom stereocenters. The van der Waals surface area contributed by atoms with Gasteiger partial charge >= 0.3 is 0 Å². The third kappa shape index (κ3) is 3.83. The van der Waals surface area contributed by atoms with Gasteiger partial charge in [-0.05, 0) is 18.8 Å². The first kappa shape index (κ1) is 15.1. The van der Waals surface area contributed by atoms with E-state index in [0.29, 0.717) is 13.2 Å². The Morgan fingerprint density at radius 3 is 2.65 bits per heavy atom. The number of hydrogen-bond donors (Lipinski definition) is 3. The third-order valence-electron chi connectivity index (χ3n) is 3.96. The minimum absolute atomic E-state index is 0.0574. The highest BCUT2D eigenvalue weighted by atomic mass is 16.6. The molecule has 1 aliphatic carbocycles. The molecule has 20 heavy (non-hydrogen) atoms. The predicted molar refractivity (Wildman–Crippen MR) is 72.5 cm³/mol. The van der Waals surface area contributed by atoms with Gasteiger partial charge in [0, 0.05) is 0 Å². The number of ether oxygens (including phenoxy) is 2. The van der Waals surface area contributed by atoms with Crippen molar-refractivity contribution in [1.29, 1.82) is 0 Å². The maximum Gasteiger partial charge on any atom is 0.252 e. The molecule has 1 amide bonds. The number of carbonyl (C=O) groups is 1. The van der Waals surface area contributed by atoms with Gasteiger partial charge < -0.3 is 25.7 Å². The van der Waals surface area contributed by atoms with Gasteiger partial charge in [-0.25, -0.2) is 0 Å². The molecule has 0 aromatic carbocycles. The smallest absolute Gasteiger partial charge is 0.252 e. The summed E-state index contributed by atoms with van der Waals surface area (Å²) >= 11 is 0. The molecule has 1 saturated heterocycles. The fraction of sp³-hybridized carbons (Fsp3) is 0.846. The van der Waals surface area contributed by atoms with E-state index in [-0.39, 0.29) is 24.3 Å². The van der Waals surface area contributed by atoms with Crippen LogP contribution in [0.15, 0.2) is 5.16 Å². The van der Waals surface area contributed by atoms with E-state index in [1.807, 2.05) is 0 Å². The monoisotopic (exact) mass is 285 g/mol. The van der Waals surface area contributed by atoms with E-state index in [0.717, 1.165) is 25.7 Å². The van der Waals surface area contributed by atoms with Crippen molar-refractivity contribution in [2.75, 3.05) is 19.8 Å². The van der Waals surface area contributed by atoms with Crippen molar-refractivity contribution in [2.45, 2.75) is 44.2 Å². The van der Waals surface area contributed by atoms with Crippen LogP contribution in [-0.4, -0.2) is 48.9 Å². The minimum atomic E-state index is -0.610. The highest BCUT2D eigenvalue weighted by molar-refractivity contribution is 5.91. The fourth-order valence-electron chi connectivity index (χ4n) is 2.85. The van der Waals surface area contributed by atoms with Crippen LogP contribution >= 0.6 is 0 Å². The van der Waals surface area contributed by atoms with Gasteiger partial charge in [0.2, 0.25) is 0 Å². The average Bonchev–Trinajstić information content (AvgIpc) is 2.53. The summed E-state index contributed by atoms with van der Waals surface area (Å²) in [7, 11) is 0. The molecule has 2 aliphatic rings. The van der Waals surface area contributed by atoms with E-state index in [4.69, 9.17) is 20.4 Å². The van der Waals surface area contributed by atoms with Gasteiger partial charge in [-0.2, -0.15) is 0 Å². The summed E-state index contributed by atoms with van der Waals surface area (Å²) in [6.07, 6.45) is 4.76. The number of nitrogens with zero attached hydrogens (tertiary/aromatic N) is 1. The quantitative estimate of drug-likeness (QED) is 0.296. The Morgan fingerprint density at radius 1 is 1.30 bits per heavy atom. The summed E-state index contributed by atoms with van der Waals surface area (Å²) in [6.45, 7) is 1.17. The van der Waals surface area contributed by atoms with Gasteiger partial charge in [0.15, 0.2) is 11.9 Å². The zero-order valence-corrected chi connectivity index (χ0v) is 11.6. The van der Waals surface area contributed by atoms with Crippen molar-refractivity contribution in [1.82, 2.24) is 5.32 Å². The molecular formula is C13H23N3O4. The summed E-state index contributed by atoms with van der Waals surface area (Å²) in [5, 5.41) is 14.8. The molecule has 1 aliphatic heterocycles. The summed E-state index contributed by atoms with van der Waals surface area (Å²) in [5.41, 5.74) is 5.74. The van der Waals surface area contributed by atoms with Crippen molar-refractivity contribution in [3.05, 3.63) is 0 Å². The Morgan fingerprint density at radius 2 is 2.05 bits per heavy atom. The van der Waals surface area contributed by atoms with Crippen LogP contribution in [0.5, 0.6) is 0 Å². The zero-order valence-electron chi connectivity index (χ0n) is 11.6. The van der Waals surface area contributed by atoms with E-state index in [9.17, 15) is 4.79 Å². The van der Waals surface area contributed by atoms with Crippen molar-refractivity contribution < 1.29 is 19.5 Å². The van der Waals surface area contributed by atoms with Crippen LogP contribution in [0.1, 0.15) is 32.1 Å². The van der Waals surface area contributed by atoms with E-state index in [1.165, 1.54) is 6.42 Å². The van der Waals surface area contributed by atoms with E-state index < -0.39 is 12.1 Å². The third-order valence-corrected chi connectivity index (χ3v) is 3.96. The first-order valence-corrected chi connectivity index (χ1v) is 7.19. The predicted octanol–water partition coefficient (Wildman–Crippen LogP) is 0.213. The highest BCUT2D eigenvalue weighted by Crippen LogP contribution is 2.26. The molecule has 7 nitrogen and oxygen atoms in total. The maximum atomic E-state index is 12.2. The Bertz CT molecular complexity index is 350. The molecule has 0 aromatic heterocycles. The summed E-state index contributed by atoms with van der Waals surface area (Å²) < 4.78 is 10.6. The minimum Gasteiger partial charge on any atom is -0.409 e.